The highest BCUT2D eigenvalue weighted by molar-refractivity contribution is 5.63. The first kappa shape index (κ1) is 10.4. The fourth-order valence-electron chi connectivity index (χ4n) is 2.06. The minimum atomic E-state index is -1.15. The number of hydrogen-bond acceptors (Lipinski definition) is 1. The molecule has 75 valence electrons. The van der Waals surface area contributed by atoms with E-state index < -0.39 is 6.09 Å². The normalized spacial score (nSPS) is 18.5. The van der Waals surface area contributed by atoms with Gasteiger partial charge in [0.05, 0.1) is 0 Å². The molecular formula is C10H18NO2. The minimum absolute atomic E-state index is 0.554. The van der Waals surface area contributed by atoms with E-state index in [4.69, 9.17) is 0 Å². The monoisotopic (exact) mass is 184 g/mol. The van der Waals surface area contributed by atoms with Gasteiger partial charge in [-0.1, -0.05) is 32.1 Å². The van der Waals surface area contributed by atoms with Crippen molar-refractivity contribution in [1.82, 2.24) is 5.32 Å². The van der Waals surface area contributed by atoms with Crippen LogP contribution in [0, 0.1) is 5.92 Å². The average Bonchev–Trinajstić information content (AvgIpc) is 2.14. The van der Waals surface area contributed by atoms with E-state index >= 15 is 0 Å². The van der Waals surface area contributed by atoms with Gasteiger partial charge in [0.2, 0.25) is 0 Å². The number of carbonyl (C=O) groups excluding carboxylic acids is 1. The maximum atomic E-state index is 10.0. The third-order valence-electron chi connectivity index (χ3n) is 2.78. The summed E-state index contributed by atoms with van der Waals surface area (Å²) in [4.78, 5) is 10.0. The first-order chi connectivity index (χ1) is 6.29. The van der Waals surface area contributed by atoms with Crippen molar-refractivity contribution in [2.24, 2.45) is 5.92 Å². The lowest BCUT2D eigenvalue weighted by molar-refractivity contribution is 0.168. The van der Waals surface area contributed by atoms with Crippen LogP contribution in [-0.4, -0.2) is 12.6 Å². The van der Waals surface area contributed by atoms with Gasteiger partial charge in [-0.2, -0.15) is 0 Å². The van der Waals surface area contributed by atoms with E-state index in [0.29, 0.717) is 6.54 Å². The van der Waals surface area contributed by atoms with Crippen LogP contribution in [0.3, 0.4) is 0 Å². The Morgan fingerprint density at radius 1 is 1.23 bits per heavy atom. The Morgan fingerprint density at radius 3 is 2.54 bits per heavy atom. The lowest BCUT2D eigenvalue weighted by Gasteiger charge is -2.20. The van der Waals surface area contributed by atoms with Crippen molar-refractivity contribution in [3.8, 4) is 0 Å². The SMILES string of the molecule is [O]C(=O)NCCCC1CCCCC1. The Kier molecular flexibility index (Phi) is 4.65. The molecule has 0 atom stereocenters. The van der Waals surface area contributed by atoms with Crippen LogP contribution in [0.25, 0.3) is 0 Å². The Bertz CT molecular complexity index is 153. The van der Waals surface area contributed by atoms with E-state index in [0.717, 1.165) is 12.3 Å². The van der Waals surface area contributed by atoms with E-state index in [-0.39, 0.29) is 0 Å². The molecule has 3 nitrogen and oxygen atoms in total. The lowest BCUT2D eigenvalue weighted by Crippen LogP contribution is -2.21. The standard InChI is InChI=1S/C10H18NO2/c12-10(13)11-8-4-7-9-5-2-1-3-6-9/h9,11H,1-8H2. The largest absolute Gasteiger partial charge is 0.450 e. The van der Waals surface area contributed by atoms with Gasteiger partial charge < -0.3 is 5.32 Å². The molecule has 1 aliphatic carbocycles. The van der Waals surface area contributed by atoms with Crippen molar-refractivity contribution in [2.75, 3.05) is 6.54 Å². The predicted octanol–water partition coefficient (Wildman–Crippen LogP) is 2.49. The molecule has 0 aliphatic heterocycles. The van der Waals surface area contributed by atoms with Gasteiger partial charge in [0, 0.05) is 6.54 Å². The molecule has 1 N–H and O–H groups in total. The summed E-state index contributed by atoms with van der Waals surface area (Å²) in [7, 11) is 0. The van der Waals surface area contributed by atoms with Crippen LogP contribution >= 0.6 is 0 Å². The molecule has 0 unspecified atom stereocenters. The van der Waals surface area contributed by atoms with Crippen molar-refractivity contribution >= 4 is 6.09 Å². The fourth-order valence-corrected chi connectivity index (χ4v) is 2.06. The van der Waals surface area contributed by atoms with Crippen LogP contribution in [0.15, 0.2) is 0 Å². The summed E-state index contributed by atoms with van der Waals surface area (Å²) >= 11 is 0. The van der Waals surface area contributed by atoms with Crippen LogP contribution in [0.1, 0.15) is 44.9 Å². The zero-order valence-corrected chi connectivity index (χ0v) is 8.05. The summed E-state index contributed by atoms with van der Waals surface area (Å²) in [6, 6.07) is 0. The zero-order valence-electron chi connectivity index (χ0n) is 8.05. The summed E-state index contributed by atoms with van der Waals surface area (Å²) in [6.07, 6.45) is 7.75. The molecule has 1 rings (SSSR count). The smallest absolute Gasteiger partial charge is 0.318 e. The first-order valence-corrected chi connectivity index (χ1v) is 5.24. The molecule has 1 saturated carbocycles. The molecule has 0 aromatic heterocycles. The van der Waals surface area contributed by atoms with Crippen LogP contribution < -0.4 is 5.32 Å². The quantitative estimate of drug-likeness (QED) is 0.670. The van der Waals surface area contributed by atoms with Gasteiger partial charge in [-0.25, -0.2) is 9.90 Å². The second kappa shape index (κ2) is 5.84. The third kappa shape index (κ3) is 4.76. The predicted molar refractivity (Wildman–Crippen MR) is 49.9 cm³/mol. The number of carbonyl (C=O) groups is 1. The summed E-state index contributed by atoms with van der Waals surface area (Å²) in [5.41, 5.74) is 0. The van der Waals surface area contributed by atoms with Gasteiger partial charge in [-0.3, -0.25) is 0 Å². The Hall–Kier alpha value is -0.730. The maximum absolute atomic E-state index is 10.0. The van der Waals surface area contributed by atoms with Crippen molar-refractivity contribution in [3.63, 3.8) is 0 Å². The van der Waals surface area contributed by atoms with Gasteiger partial charge in [-0.15, -0.1) is 0 Å². The minimum Gasteiger partial charge on any atom is -0.318 e. The maximum Gasteiger partial charge on any atom is 0.450 e. The molecule has 0 aromatic carbocycles. The van der Waals surface area contributed by atoms with Crippen LogP contribution in [0.5, 0.6) is 0 Å². The van der Waals surface area contributed by atoms with Crippen LogP contribution in [-0.2, 0) is 5.11 Å². The topological polar surface area (TPSA) is 49.0 Å². The molecule has 1 radical (unpaired) electrons. The summed E-state index contributed by atoms with van der Waals surface area (Å²) in [5, 5.41) is 12.3. The molecule has 13 heavy (non-hydrogen) atoms. The van der Waals surface area contributed by atoms with Gasteiger partial charge >= 0.3 is 6.09 Å². The fraction of sp³-hybridized carbons (Fsp3) is 0.900. The molecule has 0 heterocycles. The highest BCUT2D eigenvalue weighted by atomic mass is 16.4. The van der Waals surface area contributed by atoms with Crippen molar-refractivity contribution in [1.29, 1.82) is 0 Å². The molecule has 0 bridgehead atoms. The van der Waals surface area contributed by atoms with Crippen molar-refractivity contribution in [3.05, 3.63) is 0 Å². The van der Waals surface area contributed by atoms with Gasteiger partial charge in [0.25, 0.3) is 0 Å². The first-order valence-electron chi connectivity index (χ1n) is 5.24. The summed E-state index contributed by atoms with van der Waals surface area (Å²) in [6.45, 7) is 0.554. The highest BCUT2D eigenvalue weighted by Gasteiger charge is 2.12. The Morgan fingerprint density at radius 2 is 1.92 bits per heavy atom. The van der Waals surface area contributed by atoms with E-state index in [1.807, 2.05) is 0 Å². The van der Waals surface area contributed by atoms with Crippen LogP contribution in [0.2, 0.25) is 0 Å². The zero-order chi connectivity index (χ0) is 9.52. The van der Waals surface area contributed by atoms with E-state index in [2.05, 4.69) is 5.32 Å². The molecule has 0 spiro atoms. The number of amides is 1. The summed E-state index contributed by atoms with van der Waals surface area (Å²) in [5.74, 6) is 0.845. The van der Waals surface area contributed by atoms with Crippen molar-refractivity contribution < 1.29 is 9.90 Å². The molecule has 0 saturated heterocycles. The molecule has 1 fully saturated rings. The Labute approximate surface area is 79.5 Å². The molecule has 0 aromatic rings. The molecular weight excluding hydrogens is 166 g/mol. The Balaban J connectivity index is 1.95. The lowest BCUT2D eigenvalue weighted by atomic mass is 9.86. The third-order valence-corrected chi connectivity index (χ3v) is 2.78. The number of rotatable bonds is 4. The van der Waals surface area contributed by atoms with Gasteiger partial charge in [0.15, 0.2) is 0 Å². The molecule has 1 aliphatic rings. The number of nitrogens with one attached hydrogen (secondary N) is 1. The number of hydrogen-bond donors (Lipinski definition) is 1. The second-order valence-electron chi connectivity index (χ2n) is 3.86. The highest BCUT2D eigenvalue weighted by Crippen LogP contribution is 2.26. The van der Waals surface area contributed by atoms with E-state index in [1.54, 1.807) is 0 Å². The second-order valence-corrected chi connectivity index (χ2v) is 3.86. The molecule has 3 heteroatoms. The van der Waals surface area contributed by atoms with Gasteiger partial charge in [-0.05, 0) is 18.8 Å². The average molecular weight is 184 g/mol. The van der Waals surface area contributed by atoms with Gasteiger partial charge in [0.1, 0.15) is 0 Å². The van der Waals surface area contributed by atoms with Crippen molar-refractivity contribution in [2.45, 2.75) is 44.9 Å². The molecule has 1 amide bonds. The van der Waals surface area contributed by atoms with E-state index in [9.17, 15) is 9.90 Å². The summed E-state index contributed by atoms with van der Waals surface area (Å²) < 4.78 is 0. The van der Waals surface area contributed by atoms with Crippen LogP contribution in [0.4, 0.5) is 4.79 Å². The van der Waals surface area contributed by atoms with E-state index in [1.165, 1.54) is 38.5 Å².